The van der Waals surface area contributed by atoms with Gasteiger partial charge in [0.15, 0.2) is 0 Å². The number of nitrogens with one attached hydrogen (secondary N) is 1. The summed E-state index contributed by atoms with van der Waals surface area (Å²) in [5, 5.41) is 14.1. The number of carbonyl (C=O) groups excluding carboxylic acids is 1. The predicted molar refractivity (Wildman–Crippen MR) is 64.4 cm³/mol. The van der Waals surface area contributed by atoms with Crippen LogP contribution >= 0.6 is 11.3 Å². The molecule has 2 rings (SSSR count). The summed E-state index contributed by atoms with van der Waals surface area (Å²) in [4.78, 5) is 12.8. The van der Waals surface area contributed by atoms with Crippen molar-refractivity contribution in [1.82, 2.24) is 5.32 Å². The lowest BCUT2D eigenvalue weighted by Crippen LogP contribution is -2.46. The Balaban J connectivity index is 1.57. The maximum absolute atomic E-state index is 11.5. The summed E-state index contributed by atoms with van der Waals surface area (Å²) in [5.74, 6) is 0.119. The largest absolute Gasteiger partial charge is 0.393 e. The molecular formula is C12H17NO2S. The van der Waals surface area contributed by atoms with E-state index in [2.05, 4.69) is 16.8 Å². The van der Waals surface area contributed by atoms with Gasteiger partial charge in [0.1, 0.15) is 0 Å². The minimum absolute atomic E-state index is 0.119. The number of carbonyl (C=O) groups is 1. The minimum Gasteiger partial charge on any atom is -0.393 e. The molecule has 1 aromatic heterocycles. The Bertz CT molecular complexity index is 331. The second-order valence-corrected chi connectivity index (χ2v) is 5.35. The molecule has 0 saturated heterocycles. The highest BCUT2D eigenvalue weighted by molar-refractivity contribution is 7.09. The second-order valence-electron chi connectivity index (χ2n) is 4.32. The van der Waals surface area contributed by atoms with Gasteiger partial charge >= 0.3 is 0 Å². The van der Waals surface area contributed by atoms with Crippen LogP contribution in [0, 0.1) is 0 Å². The third-order valence-electron chi connectivity index (χ3n) is 2.89. The van der Waals surface area contributed by atoms with Crippen molar-refractivity contribution in [3.8, 4) is 0 Å². The summed E-state index contributed by atoms with van der Waals surface area (Å²) in [5.41, 5.74) is 0. The number of amides is 1. The summed E-state index contributed by atoms with van der Waals surface area (Å²) >= 11 is 1.74. The molecule has 1 heterocycles. The van der Waals surface area contributed by atoms with Gasteiger partial charge in [0.25, 0.3) is 0 Å². The van der Waals surface area contributed by atoms with Crippen LogP contribution in [-0.2, 0) is 11.2 Å². The summed E-state index contributed by atoms with van der Waals surface area (Å²) in [6.45, 7) is 0. The number of aryl methyl sites for hydroxylation is 1. The molecule has 4 heteroatoms. The first-order valence-corrected chi connectivity index (χ1v) is 6.62. The highest BCUT2D eigenvalue weighted by atomic mass is 32.1. The lowest BCUT2D eigenvalue weighted by atomic mass is 9.89. The number of aliphatic hydroxyl groups excluding tert-OH is 1. The van der Waals surface area contributed by atoms with Gasteiger partial charge in [-0.1, -0.05) is 6.07 Å². The summed E-state index contributed by atoms with van der Waals surface area (Å²) in [6, 6.07) is 4.35. The first-order chi connectivity index (χ1) is 7.74. The summed E-state index contributed by atoms with van der Waals surface area (Å²) in [7, 11) is 0. The molecule has 0 atom stereocenters. The Kier molecular flexibility index (Phi) is 3.96. The Morgan fingerprint density at radius 2 is 2.38 bits per heavy atom. The van der Waals surface area contributed by atoms with Gasteiger partial charge in [-0.15, -0.1) is 11.3 Å². The monoisotopic (exact) mass is 239 g/mol. The van der Waals surface area contributed by atoms with Gasteiger partial charge in [0, 0.05) is 17.3 Å². The van der Waals surface area contributed by atoms with E-state index in [9.17, 15) is 4.79 Å². The van der Waals surface area contributed by atoms with Gasteiger partial charge in [-0.3, -0.25) is 4.79 Å². The Morgan fingerprint density at radius 3 is 3.00 bits per heavy atom. The Labute approximate surface area is 99.5 Å². The van der Waals surface area contributed by atoms with Gasteiger partial charge in [0.2, 0.25) is 5.91 Å². The third-order valence-corrected chi connectivity index (χ3v) is 3.82. The summed E-state index contributed by atoms with van der Waals surface area (Å²) in [6.07, 6.45) is 3.72. The van der Waals surface area contributed by atoms with E-state index in [1.807, 2.05) is 6.07 Å². The number of rotatable bonds is 5. The Morgan fingerprint density at radius 1 is 1.56 bits per heavy atom. The number of hydrogen-bond donors (Lipinski definition) is 2. The molecule has 0 spiro atoms. The van der Waals surface area contributed by atoms with Crippen LogP contribution < -0.4 is 5.32 Å². The first kappa shape index (κ1) is 11.6. The van der Waals surface area contributed by atoms with E-state index >= 15 is 0 Å². The van der Waals surface area contributed by atoms with Crippen LogP contribution in [0.2, 0.25) is 0 Å². The molecule has 1 aromatic rings. The molecular weight excluding hydrogens is 222 g/mol. The van der Waals surface area contributed by atoms with Crippen LogP contribution in [0.5, 0.6) is 0 Å². The normalized spacial score (nSPS) is 23.8. The number of hydrogen-bond acceptors (Lipinski definition) is 3. The van der Waals surface area contributed by atoms with Crippen molar-refractivity contribution >= 4 is 17.2 Å². The lowest BCUT2D eigenvalue weighted by Gasteiger charge is -2.31. The van der Waals surface area contributed by atoms with Crippen LogP contribution in [0.3, 0.4) is 0 Å². The van der Waals surface area contributed by atoms with Gasteiger partial charge in [-0.25, -0.2) is 0 Å². The minimum atomic E-state index is -0.198. The molecule has 1 aliphatic rings. The molecule has 1 amide bonds. The standard InChI is InChI=1S/C12H17NO2S/c14-10-7-9(8-10)13-12(15)5-1-3-11-4-2-6-16-11/h2,4,6,9-10,14H,1,3,5,7-8H2,(H,13,15). The van der Waals surface area contributed by atoms with Gasteiger partial charge < -0.3 is 10.4 Å². The quantitative estimate of drug-likeness (QED) is 0.822. The van der Waals surface area contributed by atoms with E-state index in [-0.39, 0.29) is 18.1 Å². The van der Waals surface area contributed by atoms with E-state index in [1.54, 1.807) is 11.3 Å². The molecule has 0 unspecified atom stereocenters. The molecule has 0 aromatic carbocycles. The fourth-order valence-electron chi connectivity index (χ4n) is 1.88. The molecule has 1 fully saturated rings. The molecule has 2 N–H and O–H groups in total. The maximum Gasteiger partial charge on any atom is 0.220 e. The third kappa shape index (κ3) is 3.32. The zero-order valence-corrected chi connectivity index (χ0v) is 10.0. The van der Waals surface area contributed by atoms with E-state index < -0.39 is 0 Å². The average molecular weight is 239 g/mol. The lowest BCUT2D eigenvalue weighted by molar-refractivity contribution is -0.123. The molecule has 0 bridgehead atoms. The van der Waals surface area contributed by atoms with E-state index in [1.165, 1.54) is 4.88 Å². The van der Waals surface area contributed by atoms with E-state index in [0.29, 0.717) is 6.42 Å². The smallest absolute Gasteiger partial charge is 0.220 e. The molecule has 1 aliphatic carbocycles. The van der Waals surface area contributed by atoms with Crippen LogP contribution in [0.1, 0.15) is 30.6 Å². The highest BCUT2D eigenvalue weighted by Gasteiger charge is 2.27. The second kappa shape index (κ2) is 5.46. The predicted octanol–water partition coefficient (Wildman–Crippen LogP) is 1.71. The van der Waals surface area contributed by atoms with Crippen molar-refractivity contribution in [2.75, 3.05) is 0 Å². The molecule has 0 radical (unpaired) electrons. The van der Waals surface area contributed by atoms with Crippen molar-refractivity contribution in [1.29, 1.82) is 0 Å². The van der Waals surface area contributed by atoms with Crippen molar-refractivity contribution in [3.63, 3.8) is 0 Å². The first-order valence-electron chi connectivity index (χ1n) is 5.74. The van der Waals surface area contributed by atoms with Gasteiger partial charge in [-0.05, 0) is 37.1 Å². The molecule has 3 nitrogen and oxygen atoms in total. The molecule has 16 heavy (non-hydrogen) atoms. The maximum atomic E-state index is 11.5. The zero-order chi connectivity index (χ0) is 11.4. The van der Waals surface area contributed by atoms with E-state index in [4.69, 9.17) is 5.11 Å². The van der Waals surface area contributed by atoms with Crippen molar-refractivity contribution in [3.05, 3.63) is 22.4 Å². The van der Waals surface area contributed by atoms with E-state index in [0.717, 1.165) is 25.7 Å². The van der Waals surface area contributed by atoms with Crippen molar-refractivity contribution in [2.24, 2.45) is 0 Å². The highest BCUT2D eigenvalue weighted by Crippen LogP contribution is 2.19. The van der Waals surface area contributed by atoms with Crippen LogP contribution in [0.15, 0.2) is 17.5 Å². The number of thiophene rings is 1. The van der Waals surface area contributed by atoms with Gasteiger partial charge in [-0.2, -0.15) is 0 Å². The van der Waals surface area contributed by atoms with Crippen molar-refractivity contribution < 1.29 is 9.90 Å². The Hall–Kier alpha value is -0.870. The van der Waals surface area contributed by atoms with Gasteiger partial charge in [0.05, 0.1) is 6.10 Å². The van der Waals surface area contributed by atoms with Crippen molar-refractivity contribution in [2.45, 2.75) is 44.2 Å². The molecule has 0 aliphatic heterocycles. The fourth-order valence-corrected chi connectivity index (χ4v) is 2.63. The van der Waals surface area contributed by atoms with Crippen LogP contribution in [0.4, 0.5) is 0 Å². The molecule has 88 valence electrons. The summed E-state index contributed by atoms with van der Waals surface area (Å²) < 4.78 is 0. The van der Waals surface area contributed by atoms with Crippen LogP contribution in [-0.4, -0.2) is 23.2 Å². The SMILES string of the molecule is O=C(CCCc1cccs1)NC1CC(O)C1. The topological polar surface area (TPSA) is 49.3 Å². The fraction of sp³-hybridized carbons (Fsp3) is 0.583. The average Bonchev–Trinajstić information content (AvgIpc) is 2.68. The zero-order valence-electron chi connectivity index (χ0n) is 9.19. The molecule has 1 saturated carbocycles. The number of aliphatic hydroxyl groups is 1. The van der Waals surface area contributed by atoms with Crippen LogP contribution in [0.25, 0.3) is 0 Å².